The maximum atomic E-state index is 2.42. The Kier molecular flexibility index (Phi) is 1.54. The third kappa shape index (κ3) is 0.897. The van der Waals surface area contributed by atoms with Crippen LogP contribution in [0.5, 0.6) is 0 Å². The second kappa shape index (κ2) is 2.74. The molecule has 0 aliphatic carbocycles. The molecular formula is C13H13N. The van der Waals surface area contributed by atoms with Crippen LogP contribution in [0.15, 0.2) is 36.4 Å². The van der Waals surface area contributed by atoms with Crippen molar-refractivity contribution in [3.63, 3.8) is 0 Å². The highest BCUT2D eigenvalue weighted by molar-refractivity contribution is 5.85. The number of para-hydroxylation sites is 1. The van der Waals surface area contributed by atoms with Gasteiger partial charge in [-0.25, -0.2) is 0 Å². The highest BCUT2D eigenvalue weighted by Gasteiger charge is 2.13. The Balaban J connectivity index is 2.43. The summed E-state index contributed by atoms with van der Waals surface area (Å²) in [6.07, 6.45) is 5.60. The molecule has 1 aliphatic heterocycles. The molecule has 3 rings (SSSR count). The van der Waals surface area contributed by atoms with E-state index in [1.54, 1.807) is 0 Å². The number of allylic oxidation sites excluding steroid dienone is 2. The van der Waals surface area contributed by atoms with Crippen molar-refractivity contribution < 1.29 is 0 Å². The fourth-order valence-corrected chi connectivity index (χ4v) is 2.38. The summed E-state index contributed by atoms with van der Waals surface area (Å²) in [5, 5.41) is 1.41. The molecule has 0 amide bonds. The highest BCUT2D eigenvalue weighted by atomic mass is 15.0. The van der Waals surface area contributed by atoms with Crippen molar-refractivity contribution in [2.75, 3.05) is 0 Å². The monoisotopic (exact) mass is 183 g/mol. The lowest BCUT2D eigenvalue weighted by atomic mass is 10.1. The molecule has 0 N–H and O–H groups in total. The van der Waals surface area contributed by atoms with Crippen LogP contribution in [-0.2, 0) is 13.0 Å². The zero-order chi connectivity index (χ0) is 9.54. The SMILES string of the molecule is Cc1c2n(c3ccccc13)CC=CC2. The quantitative estimate of drug-likeness (QED) is 0.553. The van der Waals surface area contributed by atoms with Gasteiger partial charge in [-0.2, -0.15) is 0 Å². The van der Waals surface area contributed by atoms with Gasteiger partial charge in [-0.3, -0.25) is 0 Å². The van der Waals surface area contributed by atoms with Gasteiger partial charge >= 0.3 is 0 Å². The average molecular weight is 183 g/mol. The van der Waals surface area contributed by atoms with Crippen LogP contribution in [0.25, 0.3) is 10.9 Å². The second-order valence-corrected chi connectivity index (χ2v) is 3.87. The van der Waals surface area contributed by atoms with E-state index in [4.69, 9.17) is 0 Å². The molecule has 0 bridgehead atoms. The Bertz CT molecular complexity index is 517. The second-order valence-electron chi connectivity index (χ2n) is 3.87. The van der Waals surface area contributed by atoms with Gasteiger partial charge in [0.15, 0.2) is 0 Å². The van der Waals surface area contributed by atoms with Gasteiger partial charge in [0, 0.05) is 29.6 Å². The van der Waals surface area contributed by atoms with E-state index in [-0.39, 0.29) is 0 Å². The fourth-order valence-electron chi connectivity index (χ4n) is 2.38. The Labute approximate surface area is 83.7 Å². The van der Waals surface area contributed by atoms with Crippen molar-refractivity contribution in [3.05, 3.63) is 47.7 Å². The van der Waals surface area contributed by atoms with Crippen LogP contribution in [0.1, 0.15) is 11.3 Å². The fraction of sp³-hybridized carbons (Fsp3) is 0.231. The number of benzene rings is 1. The van der Waals surface area contributed by atoms with Gasteiger partial charge in [-0.1, -0.05) is 30.4 Å². The summed E-state index contributed by atoms with van der Waals surface area (Å²) in [6.45, 7) is 3.26. The lowest BCUT2D eigenvalue weighted by Gasteiger charge is -2.11. The van der Waals surface area contributed by atoms with E-state index < -0.39 is 0 Å². The van der Waals surface area contributed by atoms with Crippen LogP contribution in [0.2, 0.25) is 0 Å². The number of hydrogen-bond acceptors (Lipinski definition) is 0. The Hall–Kier alpha value is -1.50. The van der Waals surface area contributed by atoms with Crippen LogP contribution >= 0.6 is 0 Å². The molecule has 1 nitrogen and oxygen atoms in total. The molecule has 2 heterocycles. The molecule has 1 heteroatoms. The number of hydrogen-bond donors (Lipinski definition) is 0. The zero-order valence-corrected chi connectivity index (χ0v) is 8.33. The van der Waals surface area contributed by atoms with Gasteiger partial charge in [0.25, 0.3) is 0 Å². The van der Waals surface area contributed by atoms with E-state index in [1.165, 1.54) is 22.2 Å². The van der Waals surface area contributed by atoms with Crippen molar-refractivity contribution >= 4 is 10.9 Å². The first-order valence-corrected chi connectivity index (χ1v) is 5.09. The van der Waals surface area contributed by atoms with Gasteiger partial charge in [-0.05, 0) is 18.6 Å². The van der Waals surface area contributed by atoms with E-state index in [0.717, 1.165) is 13.0 Å². The van der Waals surface area contributed by atoms with Crippen molar-refractivity contribution in [1.29, 1.82) is 0 Å². The zero-order valence-electron chi connectivity index (χ0n) is 8.33. The summed E-state index contributed by atoms with van der Waals surface area (Å²) in [5.41, 5.74) is 4.31. The largest absolute Gasteiger partial charge is 0.340 e. The number of rotatable bonds is 0. The van der Waals surface area contributed by atoms with Crippen molar-refractivity contribution in [2.45, 2.75) is 19.9 Å². The molecule has 0 unspecified atom stereocenters. The molecule has 70 valence electrons. The summed E-state index contributed by atoms with van der Waals surface area (Å²) < 4.78 is 2.42. The first kappa shape index (κ1) is 7.86. The molecular weight excluding hydrogens is 170 g/mol. The Morgan fingerprint density at radius 1 is 1.14 bits per heavy atom. The molecule has 14 heavy (non-hydrogen) atoms. The predicted molar refractivity (Wildman–Crippen MR) is 59.5 cm³/mol. The van der Waals surface area contributed by atoms with Gasteiger partial charge in [-0.15, -0.1) is 0 Å². The number of aryl methyl sites for hydroxylation is 1. The summed E-state index contributed by atoms with van der Waals surface area (Å²) in [4.78, 5) is 0. The summed E-state index contributed by atoms with van der Waals surface area (Å²) in [6, 6.07) is 8.67. The number of fused-ring (bicyclic) bond motifs is 3. The van der Waals surface area contributed by atoms with Crippen molar-refractivity contribution in [2.24, 2.45) is 0 Å². The highest BCUT2D eigenvalue weighted by Crippen LogP contribution is 2.27. The predicted octanol–water partition coefficient (Wildman–Crippen LogP) is 3.06. The van der Waals surface area contributed by atoms with Gasteiger partial charge in [0.1, 0.15) is 0 Å². The molecule has 2 aromatic rings. The Morgan fingerprint density at radius 3 is 2.93 bits per heavy atom. The molecule has 0 saturated heterocycles. The Morgan fingerprint density at radius 2 is 2.00 bits per heavy atom. The maximum absolute atomic E-state index is 2.42. The molecule has 1 aromatic heterocycles. The van der Waals surface area contributed by atoms with E-state index in [2.05, 4.69) is 47.9 Å². The van der Waals surface area contributed by atoms with E-state index in [9.17, 15) is 0 Å². The summed E-state index contributed by atoms with van der Waals surface area (Å²) >= 11 is 0. The van der Waals surface area contributed by atoms with E-state index >= 15 is 0 Å². The van der Waals surface area contributed by atoms with E-state index in [1.807, 2.05) is 0 Å². The maximum Gasteiger partial charge on any atom is 0.0488 e. The molecule has 0 atom stereocenters. The lowest BCUT2D eigenvalue weighted by Crippen LogP contribution is -2.05. The van der Waals surface area contributed by atoms with Gasteiger partial charge in [0.2, 0.25) is 0 Å². The standard InChI is InChI=1S/C13H13N/c1-10-11-6-2-3-8-13(11)14-9-5-4-7-12(10)14/h2-6,8H,7,9H2,1H3. The molecule has 0 radical (unpaired) electrons. The smallest absolute Gasteiger partial charge is 0.0488 e. The third-order valence-corrected chi connectivity index (χ3v) is 3.12. The van der Waals surface area contributed by atoms with Crippen LogP contribution in [-0.4, -0.2) is 4.57 Å². The van der Waals surface area contributed by atoms with Crippen molar-refractivity contribution in [3.8, 4) is 0 Å². The van der Waals surface area contributed by atoms with Crippen molar-refractivity contribution in [1.82, 2.24) is 4.57 Å². The molecule has 1 aliphatic rings. The van der Waals surface area contributed by atoms with Gasteiger partial charge < -0.3 is 4.57 Å². The first-order valence-electron chi connectivity index (χ1n) is 5.09. The normalized spacial score (nSPS) is 14.6. The van der Waals surface area contributed by atoms with Crippen LogP contribution < -0.4 is 0 Å². The first-order chi connectivity index (χ1) is 6.88. The summed E-state index contributed by atoms with van der Waals surface area (Å²) in [5.74, 6) is 0. The van der Waals surface area contributed by atoms with Crippen LogP contribution in [0.3, 0.4) is 0 Å². The molecule has 0 spiro atoms. The van der Waals surface area contributed by atoms with Crippen LogP contribution in [0, 0.1) is 6.92 Å². The van der Waals surface area contributed by atoms with Crippen LogP contribution in [0.4, 0.5) is 0 Å². The number of nitrogens with zero attached hydrogens (tertiary/aromatic N) is 1. The third-order valence-electron chi connectivity index (χ3n) is 3.12. The minimum Gasteiger partial charge on any atom is -0.340 e. The molecule has 0 fully saturated rings. The molecule has 0 saturated carbocycles. The topological polar surface area (TPSA) is 4.93 Å². The number of aromatic nitrogens is 1. The van der Waals surface area contributed by atoms with E-state index in [0.29, 0.717) is 0 Å². The minimum atomic E-state index is 1.03. The minimum absolute atomic E-state index is 1.03. The summed E-state index contributed by atoms with van der Waals surface area (Å²) in [7, 11) is 0. The van der Waals surface area contributed by atoms with Gasteiger partial charge in [0.05, 0.1) is 0 Å². The lowest BCUT2D eigenvalue weighted by molar-refractivity contribution is 0.777. The average Bonchev–Trinajstić information content (AvgIpc) is 2.55. The molecule has 1 aromatic carbocycles.